The van der Waals surface area contributed by atoms with Gasteiger partial charge < -0.3 is 14.9 Å². The minimum atomic E-state index is -1.03. The Hall–Kier alpha value is -2.56. The highest BCUT2D eigenvalue weighted by Crippen LogP contribution is 2.25. The van der Waals surface area contributed by atoms with Gasteiger partial charge in [-0.05, 0) is 35.4 Å². The van der Waals surface area contributed by atoms with Gasteiger partial charge in [0.2, 0.25) is 0 Å². The zero-order chi connectivity index (χ0) is 14.7. The maximum Gasteiger partial charge on any atom is 0.341 e. The Morgan fingerprint density at radius 3 is 2.40 bits per heavy atom. The molecule has 0 bridgehead atoms. The van der Waals surface area contributed by atoms with E-state index in [9.17, 15) is 9.59 Å². The molecule has 104 valence electrons. The van der Waals surface area contributed by atoms with Gasteiger partial charge in [-0.3, -0.25) is 4.79 Å². The van der Waals surface area contributed by atoms with E-state index in [0.29, 0.717) is 5.75 Å². The topological polar surface area (TPSA) is 83.8 Å². The zero-order valence-electron chi connectivity index (χ0n) is 10.9. The third kappa shape index (κ3) is 3.06. The number of rotatable bonds is 5. The van der Waals surface area contributed by atoms with Crippen molar-refractivity contribution in [1.29, 1.82) is 0 Å². The standard InChI is InChI=1S/C15H14O5/c1-9(15(18)19)10-2-3-12-7-13(20-8-14(16)17)5-4-11(12)6-10/h2-7,9H,8H2,1H3,(H,16,17)(H,18,19)/t9-/m0/s1. The van der Waals surface area contributed by atoms with E-state index in [-0.39, 0.29) is 6.61 Å². The molecule has 2 N–H and O–H groups in total. The first-order chi connectivity index (χ1) is 9.47. The average Bonchev–Trinajstić information content (AvgIpc) is 2.43. The van der Waals surface area contributed by atoms with Crippen molar-refractivity contribution in [2.45, 2.75) is 12.8 Å². The molecule has 2 aromatic rings. The molecule has 0 fully saturated rings. The summed E-state index contributed by atoms with van der Waals surface area (Å²) >= 11 is 0. The van der Waals surface area contributed by atoms with E-state index in [0.717, 1.165) is 16.3 Å². The molecule has 0 aromatic heterocycles. The second-order valence-electron chi connectivity index (χ2n) is 4.51. The Morgan fingerprint density at radius 2 is 1.75 bits per heavy atom. The van der Waals surface area contributed by atoms with Gasteiger partial charge in [0.25, 0.3) is 0 Å². The number of hydrogen-bond acceptors (Lipinski definition) is 3. The third-order valence-corrected chi connectivity index (χ3v) is 3.07. The molecular weight excluding hydrogens is 260 g/mol. The molecule has 0 radical (unpaired) electrons. The van der Waals surface area contributed by atoms with Crippen molar-refractivity contribution < 1.29 is 24.5 Å². The molecule has 0 aliphatic rings. The smallest absolute Gasteiger partial charge is 0.341 e. The van der Waals surface area contributed by atoms with Gasteiger partial charge in [0.05, 0.1) is 5.92 Å². The van der Waals surface area contributed by atoms with Gasteiger partial charge >= 0.3 is 11.9 Å². The first-order valence-corrected chi connectivity index (χ1v) is 6.08. The largest absolute Gasteiger partial charge is 0.482 e. The molecule has 5 heteroatoms. The molecule has 0 amide bonds. The van der Waals surface area contributed by atoms with E-state index < -0.39 is 17.9 Å². The lowest BCUT2D eigenvalue weighted by molar-refractivity contribution is -0.139. The molecule has 0 spiro atoms. The lowest BCUT2D eigenvalue weighted by Crippen LogP contribution is -2.09. The second kappa shape index (κ2) is 5.61. The summed E-state index contributed by atoms with van der Waals surface area (Å²) in [5.74, 6) is -2.00. The molecule has 0 aliphatic carbocycles. The third-order valence-electron chi connectivity index (χ3n) is 3.07. The quantitative estimate of drug-likeness (QED) is 0.875. The van der Waals surface area contributed by atoms with Crippen LogP contribution in [0, 0.1) is 0 Å². The summed E-state index contributed by atoms with van der Waals surface area (Å²) in [5.41, 5.74) is 0.726. The van der Waals surface area contributed by atoms with Crippen molar-refractivity contribution in [1.82, 2.24) is 0 Å². The second-order valence-corrected chi connectivity index (χ2v) is 4.51. The highest BCUT2D eigenvalue weighted by molar-refractivity contribution is 5.86. The average molecular weight is 274 g/mol. The Balaban J connectivity index is 2.29. The number of carboxylic acids is 2. The minimum Gasteiger partial charge on any atom is -0.482 e. The molecule has 0 unspecified atom stereocenters. The van der Waals surface area contributed by atoms with Gasteiger partial charge in [-0.1, -0.05) is 24.3 Å². The molecule has 2 aromatic carbocycles. The number of aliphatic carboxylic acids is 2. The van der Waals surface area contributed by atoms with E-state index in [1.807, 2.05) is 6.07 Å². The van der Waals surface area contributed by atoms with Gasteiger partial charge in [-0.25, -0.2) is 4.79 Å². The summed E-state index contributed by atoms with van der Waals surface area (Å²) in [4.78, 5) is 21.4. The van der Waals surface area contributed by atoms with Crippen molar-refractivity contribution in [2.24, 2.45) is 0 Å². The van der Waals surface area contributed by atoms with Crippen LogP contribution < -0.4 is 4.74 Å². The summed E-state index contributed by atoms with van der Waals surface area (Å²) in [7, 11) is 0. The summed E-state index contributed by atoms with van der Waals surface area (Å²) in [6, 6.07) is 10.5. The molecule has 0 heterocycles. The lowest BCUT2D eigenvalue weighted by atomic mass is 9.98. The highest BCUT2D eigenvalue weighted by atomic mass is 16.5. The minimum absolute atomic E-state index is 0.389. The summed E-state index contributed by atoms with van der Waals surface area (Å²) in [6.07, 6.45) is 0. The van der Waals surface area contributed by atoms with Crippen LogP contribution in [0.15, 0.2) is 36.4 Å². The molecule has 0 saturated carbocycles. The number of carbonyl (C=O) groups is 2. The lowest BCUT2D eigenvalue weighted by Gasteiger charge is -2.09. The van der Waals surface area contributed by atoms with Crippen LogP contribution in [-0.4, -0.2) is 28.8 Å². The van der Waals surface area contributed by atoms with E-state index in [1.54, 1.807) is 37.3 Å². The van der Waals surface area contributed by atoms with Gasteiger partial charge in [-0.15, -0.1) is 0 Å². The number of benzene rings is 2. The fourth-order valence-electron chi connectivity index (χ4n) is 1.89. The van der Waals surface area contributed by atoms with Crippen LogP contribution >= 0.6 is 0 Å². The molecule has 0 saturated heterocycles. The molecule has 20 heavy (non-hydrogen) atoms. The van der Waals surface area contributed by atoms with Gasteiger partial charge in [0, 0.05) is 0 Å². The van der Waals surface area contributed by atoms with Gasteiger partial charge in [0.1, 0.15) is 5.75 Å². The van der Waals surface area contributed by atoms with Crippen LogP contribution in [0.4, 0.5) is 0 Å². The van der Waals surface area contributed by atoms with Crippen molar-refractivity contribution in [3.05, 3.63) is 42.0 Å². The normalized spacial score (nSPS) is 12.1. The maximum absolute atomic E-state index is 11.0. The van der Waals surface area contributed by atoms with Crippen LogP contribution in [0.2, 0.25) is 0 Å². The predicted molar refractivity (Wildman–Crippen MR) is 73.1 cm³/mol. The zero-order valence-corrected chi connectivity index (χ0v) is 10.9. The van der Waals surface area contributed by atoms with E-state index in [4.69, 9.17) is 14.9 Å². The molecular formula is C15H14O5. The summed E-state index contributed by atoms with van der Waals surface area (Å²) in [6.45, 7) is 1.24. The van der Waals surface area contributed by atoms with E-state index in [2.05, 4.69) is 0 Å². The number of ether oxygens (including phenoxy) is 1. The van der Waals surface area contributed by atoms with Crippen LogP contribution in [0.5, 0.6) is 5.75 Å². The van der Waals surface area contributed by atoms with Crippen LogP contribution in [0.25, 0.3) is 10.8 Å². The van der Waals surface area contributed by atoms with Crippen molar-refractivity contribution in [2.75, 3.05) is 6.61 Å². The van der Waals surface area contributed by atoms with E-state index >= 15 is 0 Å². The summed E-state index contributed by atoms with van der Waals surface area (Å²) in [5, 5.41) is 19.3. The number of hydrogen-bond donors (Lipinski definition) is 2. The fraction of sp³-hybridized carbons (Fsp3) is 0.200. The maximum atomic E-state index is 11.0. The predicted octanol–water partition coefficient (Wildman–Crippen LogP) is 2.49. The number of fused-ring (bicyclic) bond motifs is 1. The molecule has 0 aliphatic heterocycles. The molecule has 2 rings (SSSR count). The van der Waals surface area contributed by atoms with Crippen molar-refractivity contribution in [3.8, 4) is 5.75 Å². The Bertz CT molecular complexity index is 662. The SMILES string of the molecule is C[C@H](C(=O)O)c1ccc2cc(OCC(=O)O)ccc2c1. The van der Waals surface area contributed by atoms with Crippen LogP contribution in [0.1, 0.15) is 18.4 Å². The Kier molecular flexibility index (Phi) is 3.89. The van der Waals surface area contributed by atoms with Gasteiger partial charge in [-0.2, -0.15) is 0 Å². The van der Waals surface area contributed by atoms with Crippen LogP contribution in [-0.2, 0) is 9.59 Å². The monoisotopic (exact) mass is 274 g/mol. The van der Waals surface area contributed by atoms with Crippen molar-refractivity contribution >= 4 is 22.7 Å². The number of carboxylic acid groups (broad SMARTS) is 2. The fourth-order valence-corrected chi connectivity index (χ4v) is 1.89. The van der Waals surface area contributed by atoms with Gasteiger partial charge in [0.15, 0.2) is 6.61 Å². The first-order valence-electron chi connectivity index (χ1n) is 6.08. The highest BCUT2D eigenvalue weighted by Gasteiger charge is 2.13. The summed E-state index contributed by atoms with van der Waals surface area (Å²) < 4.78 is 5.10. The van der Waals surface area contributed by atoms with E-state index in [1.165, 1.54) is 0 Å². The van der Waals surface area contributed by atoms with Crippen molar-refractivity contribution in [3.63, 3.8) is 0 Å². The molecule has 5 nitrogen and oxygen atoms in total. The Morgan fingerprint density at radius 1 is 1.10 bits per heavy atom. The Labute approximate surface area is 115 Å². The first kappa shape index (κ1) is 13.9. The molecule has 1 atom stereocenters. The van der Waals surface area contributed by atoms with Crippen LogP contribution in [0.3, 0.4) is 0 Å².